The molecule has 1 aromatic carbocycles. The lowest BCUT2D eigenvalue weighted by molar-refractivity contribution is -0.141. The maximum atomic E-state index is 11.3. The zero-order chi connectivity index (χ0) is 10.2. The minimum atomic E-state index is -0.607. The molecule has 14 heavy (non-hydrogen) atoms. The molecule has 0 spiro atoms. The Morgan fingerprint density at radius 3 is 2.64 bits per heavy atom. The van der Waals surface area contributed by atoms with Crippen molar-refractivity contribution in [2.75, 3.05) is 13.2 Å². The smallest absolute Gasteiger partial charge is 0.232 e. The van der Waals surface area contributed by atoms with Gasteiger partial charge in [0.15, 0.2) is 0 Å². The van der Waals surface area contributed by atoms with Gasteiger partial charge in [-0.2, -0.15) is 0 Å². The summed E-state index contributed by atoms with van der Waals surface area (Å²) in [6.07, 6.45) is 0. The summed E-state index contributed by atoms with van der Waals surface area (Å²) in [7, 11) is 0. The van der Waals surface area contributed by atoms with Gasteiger partial charge in [0.2, 0.25) is 5.91 Å². The van der Waals surface area contributed by atoms with Crippen LogP contribution in [0.15, 0.2) is 28.7 Å². The normalized spacial score (nSPS) is 18.6. The van der Waals surface area contributed by atoms with Crippen molar-refractivity contribution in [3.05, 3.63) is 34.3 Å². The van der Waals surface area contributed by atoms with Gasteiger partial charge in [-0.15, -0.1) is 0 Å². The van der Waals surface area contributed by atoms with E-state index in [1.165, 1.54) is 0 Å². The summed E-state index contributed by atoms with van der Waals surface area (Å²) in [5.41, 5.74) is 5.70. The van der Waals surface area contributed by atoms with Crippen molar-refractivity contribution in [3.63, 3.8) is 0 Å². The second-order valence-corrected chi connectivity index (χ2v) is 4.37. The van der Waals surface area contributed by atoms with Crippen LogP contribution in [0.2, 0.25) is 0 Å². The lowest BCUT2D eigenvalue weighted by atomic mass is 9.78. The number of hydrogen-bond donors (Lipinski definition) is 1. The predicted octanol–water partition coefficient (Wildman–Crippen LogP) is 1.20. The third kappa shape index (κ3) is 1.35. The molecule has 1 saturated heterocycles. The highest BCUT2D eigenvalue weighted by Crippen LogP contribution is 2.33. The molecule has 3 nitrogen and oxygen atoms in total. The van der Waals surface area contributed by atoms with Crippen LogP contribution in [0.3, 0.4) is 0 Å². The molecular weight excluding hydrogens is 246 g/mol. The van der Waals surface area contributed by atoms with Crippen LogP contribution < -0.4 is 5.73 Å². The van der Waals surface area contributed by atoms with Crippen molar-refractivity contribution in [2.24, 2.45) is 5.73 Å². The Kier molecular flexibility index (Phi) is 2.33. The van der Waals surface area contributed by atoms with Crippen LogP contribution in [0.4, 0.5) is 0 Å². The van der Waals surface area contributed by atoms with Gasteiger partial charge in [0.25, 0.3) is 0 Å². The summed E-state index contributed by atoms with van der Waals surface area (Å²) >= 11 is 3.36. The average Bonchev–Trinajstić information content (AvgIpc) is 2.00. The molecule has 74 valence electrons. The number of halogens is 1. The van der Waals surface area contributed by atoms with E-state index in [1.807, 2.05) is 24.3 Å². The first-order valence-corrected chi connectivity index (χ1v) is 5.08. The van der Waals surface area contributed by atoms with E-state index in [-0.39, 0.29) is 5.91 Å². The van der Waals surface area contributed by atoms with E-state index < -0.39 is 5.41 Å². The molecule has 0 aliphatic carbocycles. The minimum Gasteiger partial charge on any atom is -0.378 e. The van der Waals surface area contributed by atoms with E-state index in [9.17, 15) is 4.79 Å². The Balaban J connectivity index is 2.42. The van der Waals surface area contributed by atoms with Crippen molar-refractivity contribution in [3.8, 4) is 0 Å². The summed E-state index contributed by atoms with van der Waals surface area (Å²) in [5, 5.41) is 0. The summed E-state index contributed by atoms with van der Waals surface area (Å²) in [6, 6.07) is 7.62. The summed E-state index contributed by atoms with van der Waals surface area (Å²) < 4.78 is 6.02. The highest BCUT2D eigenvalue weighted by Gasteiger charge is 2.46. The summed E-state index contributed by atoms with van der Waals surface area (Å²) in [5.74, 6) is -0.318. The van der Waals surface area contributed by atoms with Crippen molar-refractivity contribution in [1.82, 2.24) is 0 Å². The maximum absolute atomic E-state index is 11.3. The molecule has 1 amide bonds. The Labute approximate surface area is 90.4 Å². The van der Waals surface area contributed by atoms with Crippen LogP contribution in [-0.4, -0.2) is 19.1 Å². The molecule has 1 aromatic rings. The maximum Gasteiger partial charge on any atom is 0.232 e. The molecular formula is C10H10BrNO2. The third-order valence-electron chi connectivity index (χ3n) is 2.55. The Morgan fingerprint density at radius 2 is 2.21 bits per heavy atom. The molecule has 0 saturated carbocycles. The fourth-order valence-corrected chi connectivity index (χ4v) is 1.94. The first kappa shape index (κ1) is 9.68. The summed E-state index contributed by atoms with van der Waals surface area (Å²) in [4.78, 5) is 11.3. The van der Waals surface area contributed by atoms with E-state index in [0.29, 0.717) is 13.2 Å². The topological polar surface area (TPSA) is 52.3 Å². The van der Waals surface area contributed by atoms with Crippen LogP contribution in [0, 0.1) is 0 Å². The van der Waals surface area contributed by atoms with E-state index in [0.717, 1.165) is 10.0 Å². The van der Waals surface area contributed by atoms with Gasteiger partial charge in [0.05, 0.1) is 13.2 Å². The monoisotopic (exact) mass is 255 g/mol. The van der Waals surface area contributed by atoms with Gasteiger partial charge in [-0.3, -0.25) is 4.79 Å². The molecule has 0 atom stereocenters. The third-order valence-corrected chi connectivity index (χ3v) is 3.04. The van der Waals surface area contributed by atoms with Crippen LogP contribution in [0.25, 0.3) is 0 Å². The van der Waals surface area contributed by atoms with Gasteiger partial charge < -0.3 is 10.5 Å². The minimum absolute atomic E-state index is 0.318. The Hall–Kier alpha value is -0.870. The zero-order valence-corrected chi connectivity index (χ0v) is 9.08. The molecule has 0 radical (unpaired) electrons. The number of ether oxygens (including phenoxy) is 1. The first-order valence-electron chi connectivity index (χ1n) is 4.29. The number of rotatable bonds is 2. The summed E-state index contributed by atoms with van der Waals surface area (Å²) in [6.45, 7) is 0.775. The number of nitrogens with two attached hydrogens (primary N) is 1. The predicted molar refractivity (Wildman–Crippen MR) is 55.8 cm³/mol. The van der Waals surface area contributed by atoms with E-state index >= 15 is 0 Å². The van der Waals surface area contributed by atoms with Gasteiger partial charge in [0.1, 0.15) is 5.41 Å². The van der Waals surface area contributed by atoms with Crippen LogP contribution in [0.5, 0.6) is 0 Å². The number of primary amides is 1. The largest absolute Gasteiger partial charge is 0.378 e. The molecule has 0 unspecified atom stereocenters. The standard InChI is InChI=1S/C10H10BrNO2/c11-8-3-1-2-7(4-8)10(9(12)13)5-14-6-10/h1-4H,5-6H2,(H2,12,13). The molecule has 2 N–H and O–H groups in total. The number of carbonyl (C=O) groups excluding carboxylic acids is 1. The molecule has 1 aliphatic heterocycles. The van der Waals surface area contributed by atoms with Gasteiger partial charge in [-0.25, -0.2) is 0 Å². The lowest BCUT2D eigenvalue weighted by Gasteiger charge is -2.38. The van der Waals surface area contributed by atoms with Crippen LogP contribution in [0.1, 0.15) is 5.56 Å². The number of hydrogen-bond acceptors (Lipinski definition) is 2. The average molecular weight is 256 g/mol. The van der Waals surface area contributed by atoms with Gasteiger partial charge in [0, 0.05) is 4.47 Å². The fraction of sp³-hybridized carbons (Fsp3) is 0.300. The molecule has 0 aromatic heterocycles. The molecule has 0 bridgehead atoms. The van der Waals surface area contributed by atoms with Crippen molar-refractivity contribution in [1.29, 1.82) is 0 Å². The van der Waals surface area contributed by atoms with Crippen molar-refractivity contribution >= 4 is 21.8 Å². The molecule has 2 rings (SSSR count). The molecule has 1 fully saturated rings. The Morgan fingerprint density at radius 1 is 1.50 bits per heavy atom. The highest BCUT2D eigenvalue weighted by atomic mass is 79.9. The second kappa shape index (κ2) is 3.37. The number of amides is 1. The van der Waals surface area contributed by atoms with Gasteiger partial charge in [-0.05, 0) is 17.7 Å². The SMILES string of the molecule is NC(=O)C1(c2cccc(Br)c2)COC1. The van der Waals surface area contributed by atoms with Gasteiger partial charge >= 0.3 is 0 Å². The molecule has 1 heterocycles. The van der Waals surface area contributed by atoms with Crippen molar-refractivity contribution < 1.29 is 9.53 Å². The van der Waals surface area contributed by atoms with Crippen LogP contribution >= 0.6 is 15.9 Å². The lowest BCUT2D eigenvalue weighted by Crippen LogP contribution is -2.56. The highest BCUT2D eigenvalue weighted by molar-refractivity contribution is 9.10. The first-order chi connectivity index (χ1) is 6.65. The van der Waals surface area contributed by atoms with E-state index in [2.05, 4.69) is 15.9 Å². The van der Waals surface area contributed by atoms with Crippen LogP contribution in [-0.2, 0) is 14.9 Å². The number of benzene rings is 1. The van der Waals surface area contributed by atoms with Gasteiger partial charge in [-0.1, -0.05) is 28.1 Å². The van der Waals surface area contributed by atoms with E-state index in [1.54, 1.807) is 0 Å². The molecule has 1 aliphatic rings. The molecule has 4 heteroatoms. The Bertz CT molecular complexity index is 374. The number of carbonyl (C=O) groups is 1. The van der Waals surface area contributed by atoms with E-state index in [4.69, 9.17) is 10.5 Å². The zero-order valence-electron chi connectivity index (χ0n) is 7.50. The second-order valence-electron chi connectivity index (χ2n) is 3.45. The fourth-order valence-electron chi connectivity index (χ4n) is 1.54. The quantitative estimate of drug-likeness (QED) is 0.864. The van der Waals surface area contributed by atoms with Crippen molar-refractivity contribution in [2.45, 2.75) is 5.41 Å².